The molecule has 1 atom stereocenters. The highest BCUT2D eigenvalue weighted by molar-refractivity contribution is 5.98. The minimum atomic E-state index is -0.256. The van der Waals surface area contributed by atoms with E-state index < -0.39 is 0 Å². The molecule has 4 nitrogen and oxygen atoms in total. The molecule has 0 aromatic carbocycles. The van der Waals surface area contributed by atoms with E-state index in [1.807, 2.05) is 17.2 Å². The van der Waals surface area contributed by atoms with Crippen LogP contribution < -0.4 is 0 Å². The van der Waals surface area contributed by atoms with Crippen LogP contribution in [0.25, 0.3) is 0 Å². The number of esters is 1. The zero-order valence-electron chi connectivity index (χ0n) is 9.22. The van der Waals surface area contributed by atoms with Crippen molar-refractivity contribution in [1.29, 1.82) is 0 Å². The highest BCUT2D eigenvalue weighted by atomic mass is 16.5. The van der Waals surface area contributed by atoms with Gasteiger partial charge >= 0.3 is 5.97 Å². The van der Waals surface area contributed by atoms with Gasteiger partial charge in [0.15, 0.2) is 0 Å². The van der Waals surface area contributed by atoms with E-state index in [0.29, 0.717) is 18.6 Å². The fraction of sp³-hybridized carbons (Fsp3) is 0.333. The molecule has 0 radical (unpaired) electrons. The normalized spacial score (nSPS) is 22.3. The summed E-state index contributed by atoms with van der Waals surface area (Å²) in [5.74, 6) is -0.256. The Labute approximate surface area is 94.6 Å². The third-order valence-corrected chi connectivity index (χ3v) is 2.66. The summed E-state index contributed by atoms with van der Waals surface area (Å²) < 4.78 is 5.02. The van der Waals surface area contributed by atoms with Crippen LogP contribution in [0.15, 0.2) is 41.3 Å². The first kappa shape index (κ1) is 10.7. The molecule has 4 heteroatoms. The summed E-state index contributed by atoms with van der Waals surface area (Å²) >= 11 is 0. The molecular weight excluding hydrogens is 204 g/mol. The van der Waals surface area contributed by atoms with Crippen LogP contribution in [0.1, 0.15) is 13.3 Å². The number of fused-ring (bicyclic) bond motifs is 1. The molecule has 84 valence electrons. The molecular formula is C12H14N2O2. The summed E-state index contributed by atoms with van der Waals surface area (Å²) in [6.45, 7) is 5.97. The Morgan fingerprint density at radius 1 is 1.81 bits per heavy atom. The summed E-state index contributed by atoms with van der Waals surface area (Å²) in [5, 5.41) is 0. The topological polar surface area (TPSA) is 41.9 Å². The molecule has 2 heterocycles. The predicted octanol–water partition coefficient (Wildman–Crippen LogP) is 1.62. The lowest BCUT2D eigenvalue weighted by molar-refractivity contribution is -0.138. The molecule has 0 fully saturated rings. The second-order valence-corrected chi connectivity index (χ2v) is 3.58. The number of carbonyl (C=O) groups is 1. The molecule has 0 N–H and O–H groups in total. The maximum Gasteiger partial charge on any atom is 0.336 e. The van der Waals surface area contributed by atoms with Gasteiger partial charge in [-0.15, -0.1) is 6.58 Å². The lowest BCUT2D eigenvalue weighted by Crippen LogP contribution is -2.24. The number of ether oxygens (including phenoxy) is 1. The van der Waals surface area contributed by atoms with Gasteiger partial charge in [-0.05, 0) is 6.92 Å². The molecule has 2 rings (SSSR count). The van der Waals surface area contributed by atoms with E-state index in [4.69, 9.17) is 4.74 Å². The Kier molecular flexibility index (Phi) is 2.90. The van der Waals surface area contributed by atoms with Gasteiger partial charge in [-0.25, -0.2) is 4.79 Å². The molecule has 0 spiro atoms. The summed E-state index contributed by atoms with van der Waals surface area (Å²) in [6.07, 6.45) is 7.71. The Morgan fingerprint density at radius 2 is 2.62 bits per heavy atom. The largest absolute Gasteiger partial charge is 0.463 e. The van der Waals surface area contributed by atoms with Crippen LogP contribution in [-0.2, 0) is 9.53 Å². The van der Waals surface area contributed by atoms with Crippen molar-refractivity contribution in [2.45, 2.75) is 19.4 Å². The summed E-state index contributed by atoms with van der Waals surface area (Å²) in [6, 6.07) is 0.123. The van der Waals surface area contributed by atoms with Gasteiger partial charge in [0.05, 0.1) is 30.1 Å². The smallest absolute Gasteiger partial charge is 0.336 e. The number of carbonyl (C=O) groups excluding carboxylic acids is 1. The molecule has 0 aromatic heterocycles. The van der Waals surface area contributed by atoms with Crippen LogP contribution >= 0.6 is 0 Å². The fourth-order valence-electron chi connectivity index (χ4n) is 1.91. The standard InChI is InChI=1S/C12H14N2O2/c1-3-9-7-10(12(15)16-4-2)11-8-13-5-6-14(9)11/h3,5-6,8-9H,1,4,7H2,2H3/t9-/m0/s1. The molecule has 2 aliphatic rings. The van der Waals surface area contributed by atoms with Crippen molar-refractivity contribution in [3.8, 4) is 0 Å². The van der Waals surface area contributed by atoms with Gasteiger partial charge in [-0.1, -0.05) is 6.08 Å². The number of allylic oxidation sites excluding steroid dienone is 1. The second kappa shape index (κ2) is 4.35. The molecule has 2 aliphatic heterocycles. The number of hydrogen-bond acceptors (Lipinski definition) is 4. The SMILES string of the molecule is C=C[C@H]1CC(C(=O)OCC)=C2C=NC=CN21. The zero-order valence-corrected chi connectivity index (χ0v) is 9.22. The van der Waals surface area contributed by atoms with E-state index in [2.05, 4.69) is 11.6 Å². The van der Waals surface area contributed by atoms with E-state index in [1.165, 1.54) is 0 Å². The van der Waals surface area contributed by atoms with Crippen molar-refractivity contribution in [1.82, 2.24) is 4.90 Å². The number of nitrogens with zero attached hydrogens (tertiary/aromatic N) is 2. The monoisotopic (exact) mass is 218 g/mol. The first-order chi connectivity index (χ1) is 7.77. The Bertz CT molecular complexity index is 407. The zero-order chi connectivity index (χ0) is 11.5. The van der Waals surface area contributed by atoms with E-state index >= 15 is 0 Å². The summed E-state index contributed by atoms with van der Waals surface area (Å²) in [5.41, 5.74) is 1.51. The maximum absolute atomic E-state index is 11.7. The van der Waals surface area contributed by atoms with Crippen LogP contribution in [0.2, 0.25) is 0 Å². The van der Waals surface area contributed by atoms with Crippen LogP contribution in [0, 0.1) is 0 Å². The molecule has 0 saturated carbocycles. The average Bonchev–Trinajstić information content (AvgIpc) is 2.68. The van der Waals surface area contributed by atoms with Crippen molar-refractivity contribution in [2.24, 2.45) is 4.99 Å². The molecule has 0 amide bonds. The van der Waals surface area contributed by atoms with Gasteiger partial charge in [-0.2, -0.15) is 0 Å². The third kappa shape index (κ3) is 1.66. The van der Waals surface area contributed by atoms with Crippen molar-refractivity contribution in [2.75, 3.05) is 6.61 Å². The Morgan fingerprint density at radius 3 is 3.31 bits per heavy atom. The lowest BCUT2D eigenvalue weighted by Gasteiger charge is -2.22. The van der Waals surface area contributed by atoms with Gasteiger partial charge < -0.3 is 9.64 Å². The van der Waals surface area contributed by atoms with Gasteiger partial charge in [0.2, 0.25) is 0 Å². The molecule has 0 aliphatic carbocycles. The van der Waals surface area contributed by atoms with Gasteiger partial charge in [0, 0.05) is 18.8 Å². The van der Waals surface area contributed by atoms with Crippen molar-refractivity contribution < 1.29 is 9.53 Å². The van der Waals surface area contributed by atoms with Crippen molar-refractivity contribution in [3.63, 3.8) is 0 Å². The van der Waals surface area contributed by atoms with Gasteiger partial charge in [0.25, 0.3) is 0 Å². The minimum Gasteiger partial charge on any atom is -0.463 e. The predicted molar refractivity (Wildman–Crippen MR) is 61.7 cm³/mol. The number of aliphatic imine (C=N–C) groups is 1. The average molecular weight is 218 g/mol. The lowest BCUT2D eigenvalue weighted by atomic mass is 10.1. The third-order valence-electron chi connectivity index (χ3n) is 2.66. The number of hydrogen-bond donors (Lipinski definition) is 0. The van der Waals surface area contributed by atoms with E-state index in [1.54, 1.807) is 19.3 Å². The van der Waals surface area contributed by atoms with Gasteiger partial charge in [-0.3, -0.25) is 4.99 Å². The van der Waals surface area contributed by atoms with Crippen molar-refractivity contribution in [3.05, 3.63) is 36.3 Å². The first-order valence-electron chi connectivity index (χ1n) is 5.29. The molecule has 0 bridgehead atoms. The number of rotatable bonds is 3. The van der Waals surface area contributed by atoms with E-state index in [-0.39, 0.29) is 12.0 Å². The van der Waals surface area contributed by atoms with Crippen LogP contribution in [0.3, 0.4) is 0 Å². The molecule has 0 saturated heterocycles. The van der Waals surface area contributed by atoms with Gasteiger partial charge in [0.1, 0.15) is 0 Å². The van der Waals surface area contributed by atoms with Crippen molar-refractivity contribution >= 4 is 12.2 Å². The highest BCUT2D eigenvalue weighted by Crippen LogP contribution is 2.30. The fourth-order valence-corrected chi connectivity index (χ4v) is 1.91. The highest BCUT2D eigenvalue weighted by Gasteiger charge is 2.32. The quantitative estimate of drug-likeness (QED) is 0.534. The molecule has 16 heavy (non-hydrogen) atoms. The van der Waals surface area contributed by atoms with E-state index in [9.17, 15) is 4.79 Å². The Balaban J connectivity index is 2.30. The van der Waals surface area contributed by atoms with Crippen LogP contribution in [0.5, 0.6) is 0 Å². The minimum absolute atomic E-state index is 0.123. The van der Waals surface area contributed by atoms with Crippen LogP contribution in [-0.4, -0.2) is 29.7 Å². The summed E-state index contributed by atoms with van der Waals surface area (Å²) in [4.78, 5) is 17.8. The molecule has 0 unspecified atom stereocenters. The first-order valence-corrected chi connectivity index (χ1v) is 5.29. The maximum atomic E-state index is 11.7. The Hall–Kier alpha value is -1.84. The second-order valence-electron chi connectivity index (χ2n) is 3.58. The van der Waals surface area contributed by atoms with Crippen LogP contribution in [0.4, 0.5) is 0 Å². The summed E-state index contributed by atoms with van der Waals surface area (Å²) in [7, 11) is 0. The van der Waals surface area contributed by atoms with E-state index in [0.717, 1.165) is 5.70 Å². The molecule has 0 aromatic rings.